The molecule has 38 heavy (non-hydrogen) atoms. The SMILES string of the molecule is CC(C)[C@H](Nc1c(-c2nc3cnc(N4CCN(C)CC4)cc3[nH]2)c(=O)[nH]c2cn(C)nc12)c1ncccn1. The molecule has 6 heterocycles. The fraction of sp³-hybridized carbons (Fsp3) is 0.385. The Morgan fingerprint density at radius 1 is 1.00 bits per heavy atom. The number of H-pyrrole nitrogens is 2. The topological polar surface area (TPSA) is 137 Å². The first-order chi connectivity index (χ1) is 18.4. The second kappa shape index (κ2) is 9.53. The van der Waals surface area contributed by atoms with Crippen LogP contribution in [0.1, 0.15) is 25.7 Å². The van der Waals surface area contributed by atoms with E-state index in [-0.39, 0.29) is 17.5 Å². The molecule has 0 radical (unpaired) electrons. The predicted octanol–water partition coefficient (Wildman–Crippen LogP) is 2.55. The van der Waals surface area contributed by atoms with Gasteiger partial charge in [-0.2, -0.15) is 5.10 Å². The molecule has 12 heteroatoms. The second-order valence-electron chi connectivity index (χ2n) is 10.2. The first-order valence-electron chi connectivity index (χ1n) is 12.8. The molecule has 6 rings (SSSR count). The van der Waals surface area contributed by atoms with E-state index in [1.54, 1.807) is 35.5 Å². The van der Waals surface area contributed by atoms with Gasteiger partial charge in [-0.05, 0) is 19.0 Å². The van der Waals surface area contributed by atoms with E-state index in [9.17, 15) is 4.79 Å². The highest BCUT2D eigenvalue weighted by atomic mass is 16.1. The predicted molar refractivity (Wildman–Crippen MR) is 147 cm³/mol. The molecule has 0 amide bonds. The van der Waals surface area contributed by atoms with Crippen molar-refractivity contribution in [2.24, 2.45) is 13.0 Å². The number of rotatable bonds is 6. The van der Waals surface area contributed by atoms with Gasteiger partial charge >= 0.3 is 0 Å². The number of aromatic amines is 2. The second-order valence-corrected chi connectivity index (χ2v) is 10.2. The van der Waals surface area contributed by atoms with Gasteiger partial charge in [-0.3, -0.25) is 9.48 Å². The van der Waals surface area contributed by atoms with Gasteiger partial charge < -0.3 is 25.1 Å². The van der Waals surface area contributed by atoms with Crippen molar-refractivity contribution in [2.45, 2.75) is 19.9 Å². The summed E-state index contributed by atoms with van der Waals surface area (Å²) in [6.45, 7) is 7.98. The molecule has 0 spiro atoms. The van der Waals surface area contributed by atoms with Crippen LogP contribution < -0.4 is 15.8 Å². The van der Waals surface area contributed by atoms with Gasteiger partial charge in [0.1, 0.15) is 28.2 Å². The van der Waals surface area contributed by atoms with Gasteiger partial charge in [0.25, 0.3) is 5.56 Å². The van der Waals surface area contributed by atoms with Crippen molar-refractivity contribution in [1.82, 2.24) is 44.6 Å². The Morgan fingerprint density at radius 3 is 2.50 bits per heavy atom. The summed E-state index contributed by atoms with van der Waals surface area (Å²) in [7, 11) is 3.96. The molecule has 0 bridgehead atoms. The first kappa shape index (κ1) is 24.0. The van der Waals surface area contributed by atoms with E-state index in [1.165, 1.54) is 0 Å². The lowest BCUT2D eigenvalue weighted by Gasteiger charge is -2.33. The van der Waals surface area contributed by atoms with Gasteiger partial charge in [0, 0.05) is 57.9 Å². The zero-order valence-corrected chi connectivity index (χ0v) is 21.9. The van der Waals surface area contributed by atoms with Crippen LogP contribution in [0.15, 0.2) is 41.7 Å². The lowest BCUT2D eigenvalue weighted by Crippen LogP contribution is -2.44. The fourth-order valence-corrected chi connectivity index (χ4v) is 4.93. The number of hydrogen-bond acceptors (Lipinski definition) is 9. The van der Waals surface area contributed by atoms with Crippen LogP contribution in [0.4, 0.5) is 11.5 Å². The smallest absolute Gasteiger partial charge is 0.261 e. The van der Waals surface area contributed by atoms with Gasteiger partial charge in [0.05, 0.1) is 29.0 Å². The van der Waals surface area contributed by atoms with E-state index in [2.05, 4.69) is 66.0 Å². The molecule has 1 atom stereocenters. The van der Waals surface area contributed by atoms with Gasteiger partial charge in [0.15, 0.2) is 5.82 Å². The third kappa shape index (κ3) is 4.36. The Morgan fingerprint density at radius 2 is 1.76 bits per heavy atom. The molecule has 5 aromatic heterocycles. The zero-order chi connectivity index (χ0) is 26.4. The van der Waals surface area contributed by atoms with Crippen molar-refractivity contribution in [3.8, 4) is 11.4 Å². The maximum atomic E-state index is 13.5. The number of nitrogens with one attached hydrogen (secondary N) is 3. The molecular formula is C26H31N11O. The summed E-state index contributed by atoms with van der Waals surface area (Å²) in [4.78, 5) is 42.8. The molecule has 1 fully saturated rings. The number of anilines is 2. The van der Waals surface area contributed by atoms with Crippen molar-refractivity contribution >= 4 is 33.6 Å². The molecule has 3 N–H and O–H groups in total. The molecule has 12 nitrogen and oxygen atoms in total. The van der Waals surface area contributed by atoms with Crippen LogP contribution in [0.2, 0.25) is 0 Å². The molecule has 1 aliphatic heterocycles. The van der Waals surface area contributed by atoms with Gasteiger partial charge in [-0.1, -0.05) is 13.8 Å². The number of nitrogens with zero attached hydrogens (tertiary/aromatic N) is 8. The van der Waals surface area contributed by atoms with Gasteiger partial charge in [-0.25, -0.2) is 19.9 Å². The Kier molecular flexibility index (Phi) is 6.03. The molecule has 5 aromatic rings. The van der Waals surface area contributed by atoms with E-state index < -0.39 is 0 Å². The third-order valence-corrected chi connectivity index (χ3v) is 7.04. The minimum absolute atomic E-state index is 0.134. The lowest BCUT2D eigenvalue weighted by molar-refractivity contribution is 0.312. The van der Waals surface area contributed by atoms with Crippen molar-refractivity contribution in [3.05, 3.63) is 53.1 Å². The summed E-state index contributed by atoms with van der Waals surface area (Å²) >= 11 is 0. The van der Waals surface area contributed by atoms with Crippen LogP contribution in [0.5, 0.6) is 0 Å². The average Bonchev–Trinajstić information content (AvgIpc) is 3.49. The Hall–Kier alpha value is -4.32. The van der Waals surface area contributed by atoms with Crippen LogP contribution in [0.3, 0.4) is 0 Å². The maximum Gasteiger partial charge on any atom is 0.261 e. The Labute approximate surface area is 219 Å². The van der Waals surface area contributed by atoms with E-state index in [0.29, 0.717) is 39.4 Å². The largest absolute Gasteiger partial charge is 0.372 e. The number of pyridine rings is 2. The molecule has 196 valence electrons. The average molecular weight is 514 g/mol. The minimum Gasteiger partial charge on any atom is -0.372 e. The van der Waals surface area contributed by atoms with Gasteiger partial charge in [0.2, 0.25) is 0 Å². The molecule has 0 saturated carbocycles. The minimum atomic E-state index is -0.268. The summed E-state index contributed by atoms with van der Waals surface area (Å²) in [6, 6.07) is 3.54. The van der Waals surface area contributed by atoms with Crippen molar-refractivity contribution in [2.75, 3.05) is 43.4 Å². The van der Waals surface area contributed by atoms with E-state index >= 15 is 0 Å². The number of aryl methyl sites for hydroxylation is 1. The first-order valence-corrected chi connectivity index (χ1v) is 12.8. The molecule has 0 aliphatic carbocycles. The highest BCUT2D eigenvalue weighted by Crippen LogP contribution is 2.34. The van der Waals surface area contributed by atoms with E-state index in [1.807, 2.05) is 13.1 Å². The number of piperazine rings is 1. The Bertz CT molecular complexity index is 1640. The summed E-state index contributed by atoms with van der Waals surface area (Å²) < 4.78 is 1.68. The number of hydrogen-bond donors (Lipinski definition) is 3. The summed E-state index contributed by atoms with van der Waals surface area (Å²) in [5.41, 5.74) is 3.49. The van der Waals surface area contributed by atoms with Crippen LogP contribution in [-0.2, 0) is 7.05 Å². The van der Waals surface area contributed by atoms with E-state index in [0.717, 1.165) is 37.5 Å². The summed E-state index contributed by atoms with van der Waals surface area (Å²) in [5, 5.41) is 8.22. The van der Waals surface area contributed by atoms with Crippen molar-refractivity contribution in [3.63, 3.8) is 0 Å². The Balaban J connectivity index is 1.47. The molecule has 0 unspecified atom stereocenters. The summed E-state index contributed by atoms with van der Waals surface area (Å²) in [6.07, 6.45) is 7.00. The third-order valence-electron chi connectivity index (χ3n) is 7.04. The monoisotopic (exact) mass is 513 g/mol. The van der Waals surface area contributed by atoms with Crippen molar-refractivity contribution in [1.29, 1.82) is 0 Å². The van der Waals surface area contributed by atoms with Gasteiger partial charge in [-0.15, -0.1) is 0 Å². The lowest BCUT2D eigenvalue weighted by atomic mass is 10.0. The maximum absolute atomic E-state index is 13.5. The summed E-state index contributed by atoms with van der Waals surface area (Å²) in [5.74, 6) is 2.12. The molecule has 0 aromatic carbocycles. The highest BCUT2D eigenvalue weighted by molar-refractivity contribution is 5.96. The number of aromatic nitrogens is 8. The van der Waals surface area contributed by atoms with Crippen LogP contribution in [0.25, 0.3) is 33.5 Å². The molecular weight excluding hydrogens is 482 g/mol. The normalized spacial score (nSPS) is 15.6. The number of likely N-dealkylation sites (N-methyl/N-ethyl adjacent to an activating group) is 1. The van der Waals surface area contributed by atoms with Crippen LogP contribution in [-0.4, -0.2) is 77.8 Å². The fourth-order valence-electron chi connectivity index (χ4n) is 4.93. The van der Waals surface area contributed by atoms with Crippen LogP contribution in [0, 0.1) is 5.92 Å². The number of fused-ring (bicyclic) bond motifs is 2. The highest BCUT2D eigenvalue weighted by Gasteiger charge is 2.26. The number of imidazole rings is 1. The zero-order valence-electron chi connectivity index (χ0n) is 21.9. The van der Waals surface area contributed by atoms with E-state index in [4.69, 9.17) is 4.98 Å². The molecule has 1 aliphatic rings. The standard InChI is InChI=1S/C26H31N11O/c1-15(2)21(25-27-6-5-7-28-25)33-23-20(26(38)32-18-14-36(4)34-22(18)23)24-30-16-12-19(29-13-17(16)31-24)37-10-8-35(3)9-11-37/h5-7,12-15,21,33H,8-11H2,1-4H3,(H,30,31)(H,32,38)/t21-/m0/s1. The molecule has 1 saturated heterocycles. The van der Waals surface area contributed by atoms with Crippen molar-refractivity contribution < 1.29 is 0 Å². The quantitative estimate of drug-likeness (QED) is 0.313. The van der Waals surface area contributed by atoms with Crippen LogP contribution >= 0.6 is 0 Å².